The van der Waals surface area contributed by atoms with Gasteiger partial charge in [-0.3, -0.25) is 9.58 Å². The van der Waals surface area contributed by atoms with Crippen LogP contribution >= 0.6 is 0 Å². The fourth-order valence-electron chi connectivity index (χ4n) is 4.54. The Bertz CT molecular complexity index is 726. The number of fused-ring (bicyclic) bond motifs is 3. The van der Waals surface area contributed by atoms with Crippen molar-refractivity contribution in [3.05, 3.63) is 36.0 Å². The second-order valence-corrected chi connectivity index (χ2v) is 7.05. The number of piperidine rings is 3. The number of para-hydroxylation sites is 1. The summed E-state index contributed by atoms with van der Waals surface area (Å²) in [5.41, 5.74) is 9.33. The van der Waals surface area contributed by atoms with Gasteiger partial charge in [0, 0.05) is 43.4 Å². The van der Waals surface area contributed by atoms with E-state index in [2.05, 4.69) is 28.8 Å². The van der Waals surface area contributed by atoms with Crippen LogP contribution in [0.15, 0.2) is 30.3 Å². The Kier molecular flexibility index (Phi) is 4.06. The molecule has 4 atom stereocenters. The number of benzene rings is 1. The molecular weight excluding hydrogens is 300 g/mol. The van der Waals surface area contributed by atoms with Gasteiger partial charge in [-0.1, -0.05) is 12.1 Å². The lowest BCUT2D eigenvalue weighted by Gasteiger charge is -2.49. The molecule has 5 rings (SSSR count). The molecule has 0 spiro atoms. The van der Waals surface area contributed by atoms with E-state index >= 15 is 0 Å². The van der Waals surface area contributed by atoms with E-state index in [9.17, 15) is 0 Å². The predicted molar refractivity (Wildman–Crippen MR) is 95.1 cm³/mol. The average molecular weight is 326 g/mol. The quantitative estimate of drug-likeness (QED) is 0.936. The average Bonchev–Trinajstić information content (AvgIpc) is 3.03. The largest absolute Gasteiger partial charge is 0.496 e. The highest BCUT2D eigenvalue weighted by atomic mass is 16.5. The van der Waals surface area contributed by atoms with E-state index in [1.54, 1.807) is 7.11 Å². The Hall–Kier alpha value is -1.85. The van der Waals surface area contributed by atoms with Gasteiger partial charge in [0.05, 0.1) is 12.8 Å². The van der Waals surface area contributed by atoms with Crippen molar-refractivity contribution in [2.24, 2.45) is 18.7 Å². The van der Waals surface area contributed by atoms with Crippen LogP contribution in [0, 0.1) is 5.92 Å². The molecule has 2 bridgehead atoms. The van der Waals surface area contributed by atoms with Crippen LogP contribution in [0.2, 0.25) is 0 Å². The summed E-state index contributed by atoms with van der Waals surface area (Å²) < 4.78 is 7.56. The molecule has 3 saturated heterocycles. The third-order valence-corrected chi connectivity index (χ3v) is 5.83. The normalized spacial score (nSPS) is 29.0. The fraction of sp³-hybridized carbons (Fsp3) is 0.526. The van der Waals surface area contributed by atoms with Gasteiger partial charge in [0.1, 0.15) is 5.75 Å². The van der Waals surface area contributed by atoms with Crippen LogP contribution in [0.25, 0.3) is 11.3 Å². The molecule has 24 heavy (non-hydrogen) atoms. The summed E-state index contributed by atoms with van der Waals surface area (Å²) in [7, 11) is 3.77. The van der Waals surface area contributed by atoms with Crippen molar-refractivity contribution in [1.29, 1.82) is 0 Å². The third kappa shape index (κ3) is 2.52. The molecule has 2 aromatic rings. The van der Waals surface area contributed by atoms with Gasteiger partial charge in [-0.05, 0) is 43.5 Å². The van der Waals surface area contributed by atoms with E-state index in [0.29, 0.717) is 12.0 Å². The summed E-state index contributed by atoms with van der Waals surface area (Å²) >= 11 is 0. The van der Waals surface area contributed by atoms with Crippen LogP contribution in [0.3, 0.4) is 0 Å². The van der Waals surface area contributed by atoms with Gasteiger partial charge in [0.15, 0.2) is 0 Å². The first kappa shape index (κ1) is 15.7. The number of nitrogens with zero attached hydrogens (tertiary/aromatic N) is 3. The Morgan fingerprint density at radius 3 is 2.88 bits per heavy atom. The molecule has 0 radical (unpaired) electrons. The number of ether oxygens (including phenoxy) is 1. The number of aryl methyl sites for hydroxylation is 1. The van der Waals surface area contributed by atoms with Gasteiger partial charge in [0.2, 0.25) is 0 Å². The highest BCUT2D eigenvalue weighted by molar-refractivity contribution is 5.67. The molecular formula is C19H26N4O. The zero-order chi connectivity index (χ0) is 16.7. The van der Waals surface area contributed by atoms with Crippen LogP contribution in [0.5, 0.6) is 5.75 Å². The lowest BCUT2D eigenvalue weighted by atomic mass is 9.74. The maximum atomic E-state index is 5.94. The van der Waals surface area contributed by atoms with E-state index < -0.39 is 0 Å². The van der Waals surface area contributed by atoms with E-state index in [0.717, 1.165) is 36.0 Å². The summed E-state index contributed by atoms with van der Waals surface area (Å²) in [5.74, 6) is 2.16. The Morgan fingerprint density at radius 1 is 1.33 bits per heavy atom. The van der Waals surface area contributed by atoms with Crippen LogP contribution in [-0.4, -0.2) is 47.5 Å². The second kappa shape index (κ2) is 6.22. The minimum Gasteiger partial charge on any atom is -0.496 e. The van der Waals surface area contributed by atoms with E-state index in [1.165, 1.54) is 25.1 Å². The zero-order valence-electron chi connectivity index (χ0n) is 14.5. The van der Waals surface area contributed by atoms with Crippen molar-refractivity contribution in [1.82, 2.24) is 14.7 Å². The van der Waals surface area contributed by atoms with Gasteiger partial charge in [0.25, 0.3) is 0 Å². The first-order valence-electron chi connectivity index (χ1n) is 8.82. The van der Waals surface area contributed by atoms with Gasteiger partial charge in [-0.25, -0.2) is 0 Å². The predicted octanol–water partition coefficient (Wildman–Crippen LogP) is 2.23. The number of methoxy groups -OCH3 is 1. The monoisotopic (exact) mass is 326 g/mol. The van der Waals surface area contributed by atoms with Crippen molar-refractivity contribution in [2.75, 3.05) is 26.7 Å². The topological polar surface area (TPSA) is 56.3 Å². The van der Waals surface area contributed by atoms with Crippen molar-refractivity contribution in [2.45, 2.75) is 24.8 Å². The molecule has 3 aliphatic rings. The van der Waals surface area contributed by atoms with Crippen LogP contribution in [0.4, 0.5) is 0 Å². The molecule has 1 unspecified atom stereocenters. The fourth-order valence-corrected chi connectivity index (χ4v) is 4.54. The van der Waals surface area contributed by atoms with Crippen LogP contribution < -0.4 is 10.5 Å². The summed E-state index contributed by atoms with van der Waals surface area (Å²) in [6.07, 6.45) is 2.49. The molecule has 1 aromatic heterocycles. The number of nitrogens with two attached hydrogens (primary N) is 1. The molecule has 5 nitrogen and oxygen atoms in total. The number of hydrogen-bond donors (Lipinski definition) is 1. The lowest BCUT2D eigenvalue weighted by molar-refractivity contribution is 0.0322. The number of rotatable bonds is 4. The van der Waals surface area contributed by atoms with Gasteiger partial charge in [-0.15, -0.1) is 0 Å². The smallest absolute Gasteiger partial charge is 0.128 e. The van der Waals surface area contributed by atoms with Crippen molar-refractivity contribution >= 4 is 0 Å². The Morgan fingerprint density at radius 2 is 2.17 bits per heavy atom. The zero-order valence-corrected chi connectivity index (χ0v) is 14.5. The van der Waals surface area contributed by atoms with Gasteiger partial charge in [-0.2, -0.15) is 5.10 Å². The molecule has 0 amide bonds. The first-order valence-corrected chi connectivity index (χ1v) is 8.82. The van der Waals surface area contributed by atoms with E-state index in [-0.39, 0.29) is 0 Å². The molecule has 0 aliphatic carbocycles. The van der Waals surface area contributed by atoms with Gasteiger partial charge >= 0.3 is 0 Å². The molecule has 128 valence electrons. The number of aromatic nitrogens is 2. The van der Waals surface area contributed by atoms with Crippen molar-refractivity contribution < 1.29 is 4.74 Å². The molecule has 3 aliphatic heterocycles. The highest BCUT2D eigenvalue weighted by Gasteiger charge is 2.41. The number of hydrogen-bond acceptors (Lipinski definition) is 4. The molecule has 2 N–H and O–H groups in total. The summed E-state index contributed by atoms with van der Waals surface area (Å²) in [6, 6.07) is 10.9. The molecule has 3 fully saturated rings. The first-order chi connectivity index (χ1) is 11.7. The van der Waals surface area contributed by atoms with Crippen molar-refractivity contribution in [3.8, 4) is 17.0 Å². The lowest BCUT2D eigenvalue weighted by Crippen LogP contribution is -2.55. The minimum absolute atomic E-state index is 0.558. The van der Waals surface area contributed by atoms with Crippen LogP contribution in [0.1, 0.15) is 24.5 Å². The summed E-state index contributed by atoms with van der Waals surface area (Å²) in [5, 5.41) is 4.78. The Labute approximate surface area is 143 Å². The maximum absolute atomic E-state index is 5.94. The minimum atomic E-state index is 0.558. The van der Waals surface area contributed by atoms with Gasteiger partial charge < -0.3 is 10.5 Å². The molecule has 5 heteroatoms. The standard InChI is InChI=1S/C19H26N4O/c1-22-18(16-12-23-8-7-13(16)9-14(23)11-20)10-17(21-22)15-5-3-4-6-19(15)24-2/h3-6,10,13-14,16H,7-9,11-12,20H2,1-2H3/t13-,14+,16-/m0/s1. The summed E-state index contributed by atoms with van der Waals surface area (Å²) in [6.45, 7) is 3.08. The highest BCUT2D eigenvalue weighted by Crippen LogP contribution is 2.42. The Balaban J connectivity index is 1.65. The van der Waals surface area contributed by atoms with E-state index in [4.69, 9.17) is 15.6 Å². The SMILES string of the molecule is COc1ccccc1-c1cc([C@H]2CN3CC[C@H]2C[C@@H]3CN)n(C)n1. The molecule has 4 heterocycles. The third-order valence-electron chi connectivity index (χ3n) is 5.83. The maximum Gasteiger partial charge on any atom is 0.128 e. The van der Waals surface area contributed by atoms with E-state index in [1.807, 2.05) is 18.2 Å². The van der Waals surface area contributed by atoms with Crippen LogP contribution in [-0.2, 0) is 7.05 Å². The second-order valence-electron chi connectivity index (χ2n) is 7.05. The molecule has 0 saturated carbocycles. The van der Waals surface area contributed by atoms with Crippen molar-refractivity contribution in [3.63, 3.8) is 0 Å². The summed E-state index contributed by atoms with van der Waals surface area (Å²) in [4.78, 5) is 2.57. The molecule has 1 aromatic carbocycles.